The van der Waals surface area contributed by atoms with Crippen molar-refractivity contribution in [3.8, 4) is 0 Å². The number of morpholine rings is 1. The SMILES string of the molecule is CONC(=O)c1ccc(N2C[C@H](C)O[C@@H](C)C2)nc1. The van der Waals surface area contributed by atoms with E-state index in [9.17, 15) is 4.79 Å². The lowest BCUT2D eigenvalue weighted by Gasteiger charge is -2.36. The zero-order valence-electron chi connectivity index (χ0n) is 11.4. The number of hydroxylamine groups is 1. The van der Waals surface area contributed by atoms with Gasteiger partial charge in [0.2, 0.25) is 0 Å². The van der Waals surface area contributed by atoms with Gasteiger partial charge in [0.25, 0.3) is 5.91 Å². The third kappa shape index (κ3) is 3.42. The van der Waals surface area contributed by atoms with E-state index in [4.69, 9.17) is 4.74 Å². The number of amides is 1. The second-order valence-corrected chi connectivity index (χ2v) is 4.70. The van der Waals surface area contributed by atoms with Crippen LogP contribution < -0.4 is 10.4 Å². The second kappa shape index (κ2) is 5.99. The van der Waals surface area contributed by atoms with E-state index in [1.165, 1.54) is 7.11 Å². The van der Waals surface area contributed by atoms with Crippen molar-refractivity contribution in [1.29, 1.82) is 0 Å². The fourth-order valence-corrected chi connectivity index (χ4v) is 2.22. The van der Waals surface area contributed by atoms with E-state index in [2.05, 4.69) is 20.2 Å². The van der Waals surface area contributed by atoms with E-state index in [-0.39, 0.29) is 18.1 Å². The monoisotopic (exact) mass is 265 g/mol. The van der Waals surface area contributed by atoms with Gasteiger partial charge in [-0.1, -0.05) is 0 Å². The van der Waals surface area contributed by atoms with Gasteiger partial charge >= 0.3 is 0 Å². The van der Waals surface area contributed by atoms with Crippen LogP contribution in [0.25, 0.3) is 0 Å². The minimum atomic E-state index is -0.301. The Morgan fingerprint density at radius 1 is 1.42 bits per heavy atom. The molecule has 0 saturated carbocycles. The summed E-state index contributed by atoms with van der Waals surface area (Å²) in [7, 11) is 1.40. The lowest BCUT2D eigenvalue weighted by molar-refractivity contribution is -0.00546. The Bertz CT molecular complexity index is 425. The molecule has 0 radical (unpaired) electrons. The predicted molar refractivity (Wildman–Crippen MR) is 70.9 cm³/mol. The van der Waals surface area contributed by atoms with E-state index in [0.29, 0.717) is 5.56 Å². The number of carbonyl (C=O) groups is 1. The standard InChI is InChI=1S/C13H19N3O3/c1-9-7-16(8-10(2)19-9)12-5-4-11(6-14-12)13(17)15-18-3/h4-6,9-10H,7-8H2,1-3H3,(H,15,17)/t9-,10-/m0/s1. The van der Waals surface area contributed by atoms with Crippen LogP contribution in [0, 0.1) is 0 Å². The van der Waals surface area contributed by atoms with Gasteiger partial charge in [0.05, 0.1) is 24.9 Å². The highest BCUT2D eigenvalue weighted by Gasteiger charge is 2.23. The summed E-state index contributed by atoms with van der Waals surface area (Å²) in [5.41, 5.74) is 2.73. The molecule has 0 spiro atoms. The lowest BCUT2D eigenvalue weighted by Crippen LogP contribution is -2.45. The van der Waals surface area contributed by atoms with Gasteiger partial charge < -0.3 is 9.64 Å². The zero-order valence-corrected chi connectivity index (χ0v) is 11.4. The molecule has 2 atom stereocenters. The molecule has 0 bridgehead atoms. The molecule has 1 amide bonds. The van der Waals surface area contributed by atoms with Crippen LogP contribution in [0.2, 0.25) is 0 Å². The van der Waals surface area contributed by atoms with E-state index in [1.807, 2.05) is 19.9 Å². The number of nitrogens with zero attached hydrogens (tertiary/aromatic N) is 2. The smallest absolute Gasteiger partial charge is 0.276 e. The van der Waals surface area contributed by atoms with Gasteiger partial charge in [-0.2, -0.15) is 0 Å². The molecule has 2 rings (SSSR count). The molecule has 1 aromatic rings. The molecule has 1 fully saturated rings. The quantitative estimate of drug-likeness (QED) is 0.826. The first-order valence-electron chi connectivity index (χ1n) is 6.30. The molecule has 1 aliphatic heterocycles. The predicted octanol–water partition coefficient (Wildman–Crippen LogP) is 0.986. The van der Waals surface area contributed by atoms with E-state index in [1.54, 1.807) is 12.3 Å². The molecule has 1 N–H and O–H groups in total. The van der Waals surface area contributed by atoms with Crippen LogP contribution in [-0.2, 0) is 9.57 Å². The molecule has 6 heteroatoms. The van der Waals surface area contributed by atoms with Gasteiger partial charge in [-0.05, 0) is 26.0 Å². The van der Waals surface area contributed by atoms with Crippen molar-refractivity contribution in [3.05, 3.63) is 23.9 Å². The highest BCUT2D eigenvalue weighted by Crippen LogP contribution is 2.18. The third-order valence-corrected chi connectivity index (χ3v) is 2.95. The highest BCUT2D eigenvalue weighted by atomic mass is 16.6. The Morgan fingerprint density at radius 2 is 2.11 bits per heavy atom. The van der Waals surface area contributed by atoms with Crippen molar-refractivity contribution in [2.75, 3.05) is 25.1 Å². The first-order chi connectivity index (χ1) is 9.10. The van der Waals surface area contributed by atoms with Gasteiger partial charge in [-0.3, -0.25) is 9.63 Å². The van der Waals surface area contributed by atoms with Crippen molar-refractivity contribution in [2.24, 2.45) is 0 Å². The zero-order chi connectivity index (χ0) is 13.8. The largest absolute Gasteiger partial charge is 0.372 e. The number of hydrogen-bond acceptors (Lipinski definition) is 5. The maximum atomic E-state index is 11.5. The fraction of sp³-hybridized carbons (Fsp3) is 0.538. The van der Waals surface area contributed by atoms with Crippen LogP contribution in [0.4, 0.5) is 5.82 Å². The van der Waals surface area contributed by atoms with Gasteiger partial charge in [0, 0.05) is 19.3 Å². The summed E-state index contributed by atoms with van der Waals surface area (Å²) in [5, 5.41) is 0. The van der Waals surface area contributed by atoms with E-state index in [0.717, 1.165) is 18.9 Å². The molecule has 2 heterocycles. The molecule has 1 aromatic heterocycles. The maximum absolute atomic E-state index is 11.5. The van der Waals surface area contributed by atoms with Crippen molar-refractivity contribution < 1.29 is 14.4 Å². The van der Waals surface area contributed by atoms with Crippen molar-refractivity contribution in [3.63, 3.8) is 0 Å². The molecule has 1 saturated heterocycles. The summed E-state index contributed by atoms with van der Waals surface area (Å²) in [6.45, 7) is 5.70. The van der Waals surface area contributed by atoms with Crippen molar-refractivity contribution in [1.82, 2.24) is 10.5 Å². The molecule has 1 aliphatic rings. The maximum Gasteiger partial charge on any atom is 0.276 e. The third-order valence-electron chi connectivity index (χ3n) is 2.95. The van der Waals surface area contributed by atoms with Crippen molar-refractivity contribution in [2.45, 2.75) is 26.1 Å². The molecule has 0 aromatic carbocycles. The van der Waals surface area contributed by atoms with Crippen LogP contribution in [0.5, 0.6) is 0 Å². The summed E-state index contributed by atoms with van der Waals surface area (Å²) in [5.74, 6) is 0.557. The summed E-state index contributed by atoms with van der Waals surface area (Å²) in [4.78, 5) is 22.6. The van der Waals surface area contributed by atoms with Crippen LogP contribution >= 0.6 is 0 Å². The Kier molecular flexibility index (Phi) is 4.34. The van der Waals surface area contributed by atoms with E-state index < -0.39 is 0 Å². The second-order valence-electron chi connectivity index (χ2n) is 4.70. The average molecular weight is 265 g/mol. The minimum absolute atomic E-state index is 0.182. The number of nitrogens with one attached hydrogen (secondary N) is 1. The highest BCUT2D eigenvalue weighted by molar-refractivity contribution is 5.93. The molecule has 104 valence electrons. The van der Waals surface area contributed by atoms with Gasteiger partial charge in [0.1, 0.15) is 5.82 Å². The lowest BCUT2D eigenvalue weighted by atomic mass is 10.2. The Labute approximate surface area is 112 Å². The summed E-state index contributed by atoms with van der Waals surface area (Å²) in [6, 6.07) is 3.58. The fourth-order valence-electron chi connectivity index (χ4n) is 2.22. The van der Waals surface area contributed by atoms with Crippen LogP contribution in [0.3, 0.4) is 0 Å². The summed E-state index contributed by atoms with van der Waals surface area (Å²) < 4.78 is 5.68. The first-order valence-corrected chi connectivity index (χ1v) is 6.30. The molecule has 19 heavy (non-hydrogen) atoms. The molecule has 6 nitrogen and oxygen atoms in total. The summed E-state index contributed by atoms with van der Waals surface area (Å²) in [6.07, 6.45) is 1.91. The molecule has 0 unspecified atom stereocenters. The average Bonchev–Trinajstić information content (AvgIpc) is 2.38. The molecule has 0 aliphatic carbocycles. The van der Waals surface area contributed by atoms with Gasteiger partial charge in [-0.15, -0.1) is 0 Å². The number of anilines is 1. The minimum Gasteiger partial charge on any atom is -0.372 e. The number of pyridine rings is 1. The first kappa shape index (κ1) is 13.8. The summed E-state index contributed by atoms with van der Waals surface area (Å²) >= 11 is 0. The number of aromatic nitrogens is 1. The molecular formula is C13H19N3O3. The van der Waals surface area contributed by atoms with E-state index >= 15 is 0 Å². The van der Waals surface area contributed by atoms with Gasteiger partial charge in [0.15, 0.2) is 0 Å². The number of rotatable bonds is 3. The van der Waals surface area contributed by atoms with Gasteiger partial charge in [-0.25, -0.2) is 10.5 Å². The number of hydrogen-bond donors (Lipinski definition) is 1. The van der Waals surface area contributed by atoms with Crippen molar-refractivity contribution >= 4 is 11.7 Å². The topological polar surface area (TPSA) is 63.7 Å². The Morgan fingerprint density at radius 3 is 2.63 bits per heavy atom. The van der Waals surface area contributed by atoms with Crippen LogP contribution in [0.1, 0.15) is 24.2 Å². The normalized spacial score (nSPS) is 23.2. The Balaban J connectivity index is 2.07. The number of ether oxygens (including phenoxy) is 1. The molecular weight excluding hydrogens is 246 g/mol. The number of carbonyl (C=O) groups excluding carboxylic acids is 1. The van der Waals surface area contributed by atoms with Crippen LogP contribution in [0.15, 0.2) is 18.3 Å². The Hall–Kier alpha value is -1.66. The van der Waals surface area contributed by atoms with Crippen LogP contribution in [-0.4, -0.2) is 43.3 Å².